The number of furan rings is 1. The third kappa shape index (κ3) is 5.37. The first-order chi connectivity index (χ1) is 27.7. The van der Waals surface area contributed by atoms with Crippen molar-refractivity contribution in [2.45, 2.75) is 0 Å². The summed E-state index contributed by atoms with van der Waals surface area (Å²) >= 11 is 0. The molecule has 3 aromatic heterocycles. The molecular weight excluding hydrogens is 685 g/mol. The molecule has 0 aliphatic rings. The molecule has 0 fully saturated rings. The van der Waals surface area contributed by atoms with E-state index in [4.69, 9.17) is 19.4 Å². The summed E-state index contributed by atoms with van der Waals surface area (Å²) < 4.78 is 9.23. The van der Waals surface area contributed by atoms with E-state index < -0.39 is 0 Å². The van der Waals surface area contributed by atoms with Crippen molar-refractivity contribution in [1.29, 1.82) is 0 Å². The maximum absolute atomic E-state index is 6.86. The molecular formula is C51H32N4O. The average Bonchev–Trinajstić information content (AvgIpc) is 3.82. The van der Waals surface area contributed by atoms with E-state index in [1.165, 1.54) is 21.9 Å². The zero-order chi connectivity index (χ0) is 37.0. The zero-order valence-corrected chi connectivity index (χ0v) is 30.2. The van der Waals surface area contributed by atoms with Gasteiger partial charge in [-0.1, -0.05) is 152 Å². The quantitative estimate of drug-likeness (QED) is 0.172. The molecule has 0 amide bonds. The Hall–Kier alpha value is -7.63. The summed E-state index contributed by atoms with van der Waals surface area (Å²) in [5.74, 6) is 1.83. The van der Waals surface area contributed by atoms with Crippen molar-refractivity contribution in [3.05, 3.63) is 194 Å². The molecule has 3 heterocycles. The van der Waals surface area contributed by atoms with Crippen molar-refractivity contribution in [3.63, 3.8) is 0 Å². The number of benzene rings is 8. The van der Waals surface area contributed by atoms with Crippen LogP contribution in [0.3, 0.4) is 0 Å². The maximum Gasteiger partial charge on any atom is 0.164 e. The molecule has 0 bridgehead atoms. The lowest BCUT2D eigenvalue weighted by molar-refractivity contribution is 0.669. The number of hydrogen-bond donors (Lipinski definition) is 0. The highest BCUT2D eigenvalue weighted by Gasteiger charge is 2.20. The highest BCUT2D eigenvalue weighted by molar-refractivity contribution is 6.15. The molecule has 0 unspecified atom stereocenters. The number of aromatic nitrogens is 4. The van der Waals surface area contributed by atoms with Gasteiger partial charge in [-0.3, -0.25) is 0 Å². The maximum atomic E-state index is 6.86. The molecule has 0 radical (unpaired) electrons. The molecule has 0 aliphatic heterocycles. The minimum Gasteiger partial charge on any atom is -0.456 e. The van der Waals surface area contributed by atoms with Gasteiger partial charge in [0.25, 0.3) is 0 Å². The largest absolute Gasteiger partial charge is 0.456 e. The van der Waals surface area contributed by atoms with Gasteiger partial charge in [0.1, 0.15) is 11.2 Å². The Bertz CT molecular complexity index is 3170. The second-order valence-corrected chi connectivity index (χ2v) is 14.0. The van der Waals surface area contributed by atoms with Crippen molar-refractivity contribution in [3.8, 4) is 62.1 Å². The van der Waals surface area contributed by atoms with Crippen molar-refractivity contribution in [2.75, 3.05) is 0 Å². The summed E-state index contributed by atoms with van der Waals surface area (Å²) in [5.41, 5.74) is 12.2. The van der Waals surface area contributed by atoms with Crippen LogP contribution >= 0.6 is 0 Å². The topological polar surface area (TPSA) is 56.7 Å². The lowest BCUT2D eigenvalue weighted by Crippen LogP contribution is -2.00. The molecule has 0 saturated carbocycles. The number of para-hydroxylation sites is 1. The van der Waals surface area contributed by atoms with Crippen molar-refractivity contribution in [1.82, 2.24) is 19.5 Å². The van der Waals surface area contributed by atoms with Gasteiger partial charge in [-0.2, -0.15) is 0 Å². The van der Waals surface area contributed by atoms with Crippen molar-refractivity contribution < 1.29 is 4.42 Å². The van der Waals surface area contributed by atoms with Gasteiger partial charge < -0.3 is 8.98 Å². The van der Waals surface area contributed by atoms with Crippen LogP contribution in [0.1, 0.15) is 0 Å². The van der Waals surface area contributed by atoms with E-state index in [2.05, 4.69) is 138 Å². The fraction of sp³-hybridized carbons (Fsp3) is 0. The molecule has 0 atom stereocenters. The normalized spacial score (nSPS) is 11.6. The van der Waals surface area contributed by atoms with E-state index in [0.29, 0.717) is 17.5 Å². The van der Waals surface area contributed by atoms with Crippen LogP contribution in [0.15, 0.2) is 199 Å². The fourth-order valence-electron chi connectivity index (χ4n) is 8.00. The summed E-state index contributed by atoms with van der Waals surface area (Å²) in [7, 11) is 0. The molecule has 11 aromatic rings. The molecule has 0 aliphatic carbocycles. The summed E-state index contributed by atoms with van der Waals surface area (Å²) in [6.45, 7) is 0. The minimum absolute atomic E-state index is 0.587. The fourth-order valence-corrected chi connectivity index (χ4v) is 8.00. The monoisotopic (exact) mass is 716 g/mol. The smallest absolute Gasteiger partial charge is 0.164 e. The van der Waals surface area contributed by atoms with Gasteiger partial charge in [-0.25, -0.2) is 15.0 Å². The number of hydrogen-bond acceptors (Lipinski definition) is 4. The summed E-state index contributed by atoms with van der Waals surface area (Å²) in [5, 5.41) is 4.52. The van der Waals surface area contributed by atoms with E-state index >= 15 is 0 Å². The van der Waals surface area contributed by atoms with E-state index in [1.807, 2.05) is 60.7 Å². The Morgan fingerprint density at radius 2 is 0.875 bits per heavy atom. The van der Waals surface area contributed by atoms with Gasteiger partial charge in [0.05, 0.1) is 16.7 Å². The summed E-state index contributed by atoms with van der Waals surface area (Å²) in [4.78, 5) is 14.9. The lowest BCUT2D eigenvalue weighted by atomic mass is 9.98. The molecule has 5 heteroatoms. The summed E-state index contributed by atoms with van der Waals surface area (Å²) in [6, 6.07) is 67.5. The number of rotatable bonds is 6. The van der Waals surface area contributed by atoms with Crippen LogP contribution in [0.4, 0.5) is 0 Å². The van der Waals surface area contributed by atoms with Crippen LogP contribution in [0.25, 0.3) is 106 Å². The third-order valence-electron chi connectivity index (χ3n) is 10.6. The Labute approximate surface area is 322 Å². The predicted molar refractivity (Wildman–Crippen MR) is 229 cm³/mol. The molecule has 11 rings (SSSR count). The standard InChI is InChI=1S/C51H32N4O/c1-5-15-33(16-6-1)37-26-28-45-43(29-37)40-23-13-14-24-44(40)55(45)39-31-42(34-17-7-2-8-18-34)48-41-27-25-38(30-46(41)56-47(48)32-39)51-53-49(35-19-9-3-10-20-35)52-50(54-51)36-21-11-4-12-22-36/h1-32H. The number of fused-ring (bicyclic) bond motifs is 6. The molecule has 0 saturated heterocycles. The van der Waals surface area contributed by atoms with Gasteiger partial charge >= 0.3 is 0 Å². The van der Waals surface area contributed by atoms with Crippen molar-refractivity contribution >= 4 is 43.7 Å². The van der Waals surface area contributed by atoms with Crippen molar-refractivity contribution in [2.24, 2.45) is 0 Å². The van der Waals surface area contributed by atoms with Crippen LogP contribution in [0.2, 0.25) is 0 Å². The van der Waals surface area contributed by atoms with Crippen LogP contribution in [0.5, 0.6) is 0 Å². The first-order valence-electron chi connectivity index (χ1n) is 18.8. The molecule has 8 aromatic carbocycles. The summed E-state index contributed by atoms with van der Waals surface area (Å²) in [6.07, 6.45) is 0. The van der Waals surface area contributed by atoms with E-state index in [0.717, 1.165) is 66.5 Å². The van der Waals surface area contributed by atoms with Crippen LogP contribution in [-0.2, 0) is 0 Å². The first kappa shape index (κ1) is 31.9. The Balaban J connectivity index is 1.12. The SMILES string of the molecule is c1ccc(-c2ccc3c(c2)c2ccccc2n3-c2cc(-c3ccccc3)c3c(c2)oc2cc(-c4nc(-c5ccccc5)nc(-c5ccccc5)n4)ccc23)cc1. The van der Waals surface area contributed by atoms with Gasteiger partial charge in [0, 0.05) is 44.3 Å². The Morgan fingerprint density at radius 1 is 0.339 bits per heavy atom. The first-order valence-corrected chi connectivity index (χ1v) is 18.8. The molecule has 262 valence electrons. The third-order valence-corrected chi connectivity index (χ3v) is 10.6. The van der Waals surface area contributed by atoms with Gasteiger partial charge in [0.15, 0.2) is 17.5 Å². The van der Waals surface area contributed by atoms with Crippen LogP contribution in [0, 0.1) is 0 Å². The van der Waals surface area contributed by atoms with Crippen LogP contribution in [-0.4, -0.2) is 19.5 Å². The second kappa shape index (κ2) is 13.0. The molecule has 0 N–H and O–H groups in total. The van der Waals surface area contributed by atoms with Crippen LogP contribution < -0.4 is 0 Å². The van der Waals surface area contributed by atoms with Gasteiger partial charge in [0.2, 0.25) is 0 Å². The zero-order valence-electron chi connectivity index (χ0n) is 30.2. The highest BCUT2D eigenvalue weighted by Crippen LogP contribution is 2.42. The Kier molecular flexibility index (Phi) is 7.42. The lowest BCUT2D eigenvalue weighted by Gasteiger charge is -2.12. The minimum atomic E-state index is 0.587. The average molecular weight is 717 g/mol. The molecule has 56 heavy (non-hydrogen) atoms. The Morgan fingerprint density at radius 3 is 1.54 bits per heavy atom. The highest BCUT2D eigenvalue weighted by atomic mass is 16.3. The predicted octanol–water partition coefficient (Wildman–Crippen LogP) is 13.2. The van der Waals surface area contributed by atoms with E-state index in [1.54, 1.807) is 0 Å². The molecule has 5 nitrogen and oxygen atoms in total. The number of nitrogens with zero attached hydrogens (tertiary/aromatic N) is 4. The second-order valence-electron chi connectivity index (χ2n) is 14.0. The molecule has 0 spiro atoms. The van der Waals surface area contributed by atoms with Gasteiger partial charge in [-0.15, -0.1) is 0 Å². The van der Waals surface area contributed by atoms with E-state index in [-0.39, 0.29) is 0 Å². The van der Waals surface area contributed by atoms with Gasteiger partial charge in [-0.05, 0) is 58.7 Å². The van der Waals surface area contributed by atoms with E-state index in [9.17, 15) is 0 Å².